The lowest BCUT2D eigenvalue weighted by atomic mass is 10.1. The largest absolute Gasteiger partial charge is 0.391 e. The van der Waals surface area contributed by atoms with E-state index < -0.39 is 112 Å². The normalized spacial score (nSPS) is 26.8. The molecule has 6 aromatic rings. The zero-order valence-electron chi connectivity index (χ0n) is 40.6. The van der Waals surface area contributed by atoms with E-state index in [1.807, 2.05) is 36.4 Å². The van der Waals surface area contributed by atoms with Crippen molar-refractivity contribution in [3.05, 3.63) is 93.7 Å². The number of rotatable bonds is 16. The van der Waals surface area contributed by atoms with Gasteiger partial charge in [-0.2, -0.15) is 30.1 Å². The Hall–Kier alpha value is -4.36. The van der Waals surface area contributed by atoms with Gasteiger partial charge in [0.05, 0.1) is 52.9 Å². The lowest BCUT2D eigenvalue weighted by Gasteiger charge is -2.23. The molecule has 0 saturated carbocycles. The van der Waals surface area contributed by atoms with Crippen LogP contribution in [0.25, 0.3) is 22.1 Å². The number of hydrogen-bond donors (Lipinski definition) is 11. The monoisotopic (exact) mass is 1190 g/mol. The Kier molecular flexibility index (Phi) is 16.3. The van der Waals surface area contributed by atoms with Crippen molar-refractivity contribution in [1.29, 1.82) is 0 Å². The molecule has 2 saturated heterocycles. The second-order valence-corrected chi connectivity index (χ2v) is 28.4. The molecule has 33 heteroatoms. The number of aromatic nitrogens is 8. The van der Waals surface area contributed by atoms with Crippen molar-refractivity contribution in [2.45, 2.75) is 123 Å². The number of benzene rings is 2. The van der Waals surface area contributed by atoms with Crippen LogP contribution in [0, 0.1) is 0 Å². The Labute approximate surface area is 448 Å². The smallest absolute Gasteiger partial charge is 0.346 e. The highest BCUT2D eigenvalue weighted by Gasteiger charge is 2.52. The minimum atomic E-state index is -5.28. The quantitative estimate of drug-likeness (QED) is 0.0488. The summed E-state index contributed by atoms with van der Waals surface area (Å²) in [6.07, 6.45) is -8.46. The zero-order valence-corrected chi connectivity index (χ0v) is 45.5. The van der Waals surface area contributed by atoms with Crippen molar-refractivity contribution in [3.63, 3.8) is 0 Å². The first kappa shape index (κ1) is 57.3. The number of nitrogens with one attached hydrogen (secondary N) is 2. The summed E-state index contributed by atoms with van der Waals surface area (Å²) >= 11 is 12.4. The fourth-order valence-corrected chi connectivity index (χ4v) is 18.7. The SMILES string of the molecule is CC(O)C(P(=O)(O)O)S(=O)(=O)C[C@H]1O[C@@H](n2ncc3c(NC4CCc5ccccc54)nc(Cl)nc32)[C@H](O)[C@@H]1O.CCC(P(=O)(O)O)S(=O)(=O)C[C@H]1O[C@@H](n2ncc3c(NC4CCc5ccccc54)nc(Cl)nc32)[C@H](O)[C@@H]1O. The number of ether oxygens (including phenoxy) is 2. The molecule has 418 valence electrons. The van der Waals surface area contributed by atoms with E-state index in [4.69, 9.17) is 32.7 Å². The van der Waals surface area contributed by atoms with Gasteiger partial charge in [-0.15, -0.1) is 0 Å². The van der Waals surface area contributed by atoms with Crippen molar-refractivity contribution in [1.82, 2.24) is 39.5 Å². The summed E-state index contributed by atoms with van der Waals surface area (Å²) in [4.78, 5) is 50.5. The molecule has 2 aromatic carbocycles. The minimum Gasteiger partial charge on any atom is -0.391 e. The molecule has 6 heterocycles. The van der Waals surface area contributed by atoms with E-state index in [2.05, 4.69) is 52.9 Å². The van der Waals surface area contributed by atoms with Crippen LogP contribution in [0.5, 0.6) is 0 Å². The molecule has 2 aliphatic heterocycles. The van der Waals surface area contributed by atoms with E-state index in [1.54, 1.807) is 0 Å². The van der Waals surface area contributed by atoms with Gasteiger partial charge >= 0.3 is 15.2 Å². The van der Waals surface area contributed by atoms with Crippen molar-refractivity contribution >= 4 is 91.8 Å². The summed E-state index contributed by atoms with van der Waals surface area (Å²) in [5.74, 6) is -1.20. The van der Waals surface area contributed by atoms with Gasteiger partial charge in [0.2, 0.25) is 10.6 Å². The molecule has 4 aromatic heterocycles. The number of anilines is 2. The van der Waals surface area contributed by atoms with Crippen molar-refractivity contribution in [2.24, 2.45) is 0 Å². The average Bonchev–Trinajstić information content (AvgIpc) is 4.23. The average molecular weight is 1190 g/mol. The lowest BCUT2D eigenvalue weighted by molar-refractivity contribution is -0.0365. The van der Waals surface area contributed by atoms with Crippen LogP contribution < -0.4 is 10.6 Å². The van der Waals surface area contributed by atoms with Crippen molar-refractivity contribution in [2.75, 3.05) is 22.1 Å². The number of hydrogen-bond acceptors (Lipinski definition) is 21. The standard InChI is InChI=1S/C22H27ClN5O9PS.C22H27ClN5O8PS/c1-10(29)21(38(32,33)34)39(35,36)9-15-16(30)17(31)20(37-15)28-19-13(8-24-28)18(26-22(23)27-19)25-14-7-6-11-4-2-3-5-12(11)14;1-2-16(37(31,32)33)38(34,35)10-15-17(29)18(30)21(36-15)28-20-13(9-24-28)19(26-22(23)27-20)25-14-8-7-11-5-3-4-6-12(11)14/h2-5,8,10,14-17,20-21,29-31H,6-7,9H2,1H3,(H,25,26,27)(H2,32,33,34);3-6,9,14-18,21,29-30H,2,7-8,10H2,1H3,(H,25,26,27)(H2,31,32,33)/t10?,14?,15-,16-,17-,20-,21?;14?,15-,16?,17-,18-,21-/m11/s1. The molecule has 4 aliphatic rings. The maximum absolute atomic E-state index is 12.8. The summed E-state index contributed by atoms with van der Waals surface area (Å²) in [5.41, 5.74) is 5.04. The maximum atomic E-state index is 12.8. The summed E-state index contributed by atoms with van der Waals surface area (Å²) in [6, 6.07) is 16.0. The molecule has 0 bridgehead atoms. The van der Waals surface area contributed by atoms with Gasteiger partial charge in [0.1, 0.15) is 48.3 Å². The van der Waals surface area contributed by atoms with Crippen LogP contribution in [0.2, 0.25) is 10.6 Å². The molecular formula is C44H54Cl2N10O17P2S2. The molecule has 11 N–H and O–H groups in total. The predicted octanol–water partition coefficient (Wildman–Crippen LogP) is 2.02. The van der Waals surface area contributed by atoms with Gasteiger partial charge in [-0.05, 0) is 84.5 Å². The Morgan fingerprint density at radius 2 is 1.08 bits per heavy atom. The van der Waals surface area contributed by atoms with Crippen LogP contribution in [-0.2, 0) is 51.1 Å². The Balaban J connectivity index is 0.000000188. The molecule has 77 heavy (non-hydrogen) atoms. The molecule has 0 spiro atoms. The minimum absolute atomic E-state index is 0.0195. The molecule has 0 radical (unpaired) electrons. The molecule has 5 unspecified atom stereocenters. The summed E-state index contributed by atoms with van der Waals surface area (Å²) in [6.45, 7) is 2.26. The second kappa shape index (κ2) is 21.9. The van der Waals surface area contributed by atoms with Gasteiger partial charge in [-0.3, -0.25) is 9.13 Å². The highest BCUT2D eigenvalue weighted by atomic mass is 35.5. The first-order valence-corrected chi connectivity index (χ1v) is 31.5. The van der Waals surface area contributed by atoms with Gasteiger partial charge in [0.15, 0.2) is 53.4 Å². The fourth-order valence-electron chi connectivity index (χ4n) is 10.4. The first-order valence-electron chi connectivity index (χ1n) is 23.9. The topological polar surface area (TPSA) is 414 Å². The molecule has 13 atom stereocenters. The van der Waals surface area contributed by atoms with Gasteiger partial charge in [-0.25, -0.2) is 26.2 Å². The van der Waals surface area contributed by atoms with Gasteiger partial charge in [0.25, 0.3) is 0 Å². The number of sulfone groups is 2. The number of aliphatic hydroxyl groups is 5. The van der Waals surface area contributed by atoms with E-state index in [9.17, 15) is 71.1 Å². The van der Waals surface area contributed by atoms with E-state index >= 15 is 0 Å². The third-order valence-corrected chi connectivity index (χ3v) is 23.9. The number of aliphatic hydroxyl groups excluding tert-OH is 5. The third kappa shape index (κ3) is 11.5. The van der Waals surface area contributed by atoms with E-state index in [-0.39, 0.29) is 40.4 Å². The zero-order chi connectivity index (χ0) is 55.7. The lowest BCUT2D eigenvalue weighted by Crippen LogP contribution is -2.41. The van der Waals surface area contributed by atoms with Crippen LogP contribution in [0.1, 0.15) is 79.9 Å². The van der Waals surface area contributed by atoms with E-state index in [1.165, 1.54) is 35.1 Å². The summed E-state index contributed by atoms with van der Waals surface area (Å²) < 4.78 is 88.1. The maximum Gasteiger partial charge on any atom is 0.346 e. The molecule has 10 rings (SSSR count). The number of halogens is 2. The molecular weight excluding hydrogens is 1140 g/mol. The van der Waals surface area contributed by atoms with Gasteiger partial charge < -0.3 is 65.2 Å². The van der Waals surface area contributed by atoms with Crippen LogP contribution >= 0.6 is 38.4 Å². The second-order valence-electron chi connectivity index (χ2n) is 19.1. The Bertz CT molecular complexity index is 3520. The molecule has 27 nitrogen and oxygen atoms in total. The molecule has 2 fully saturated rings. The van der Waals surface area contributed by atoms with Crippen molar-refractivity contribution in [3.8, 4) is 0 Å². The number of aryl methyl sites for hydroxylation is 2. The van der Waals surface area contributed by atoms with Crippen LogP contribution in [0.4, 0.5) is 11.6 Å². The fraction of sp³-hybridized carbons (Fsp3) is 0.500. The first-order chi connectivity index (χ1) is 36.2. The van der Waals surface area contributed by atoms with E-state index in [0.29, 0.717) is 22.4 Å². The van der Waals surface area contributed by atoms with E-state index in [0.717, 1.165) is 48.4 Å². The van der Waals surface area contributed by atoms with Gasteiger partial charge in [-0.1, -0.05) is 55.5 Å². The Morgan fingerprint density at radius 3 is 1.47 bits per heavy atom. The van der Waals surface area contributed by atoms with Crippen LogP contribution in [0.15, 0.2) is 60.9 Å². The highest BCUT2D eigenvalue weighted by molar-refractivity contribution is 7.98. The number of nitrogens with zero attached hydrogens (tertiary/aromatic N) is 8. The van der Waals surface area contributed by atoms with Crippen LogP contribution in [-0.4, -0.2) is 166 Å². The molecule has 0 amide bonds. The van der Waals surface area contributed by atoms with Crippen molar-refractivity contribution < 1.29 is 80.5 Å². The Morgan fingerprint density at radius 1 is 0.662 bits per heavy atom. The van der Waals surface area contributed by atoms with Crippen LogP contribution in [0.3, 0.4) is 0 Å². The predicted molar refractivity (Wildman–Crippen MR) is 276 cm³/mol. The molecule has 2 aliphatic carbocycles. The summed E-state index contributed by atoms with van der Waals surface area (Å²) in [7, 11) is -19.4. The number of fused-ring (bicyclic) bond motifs is 4. The summed E-state index contributed by atoms with van der Waals surface area (Å²) in [5, 5.41) is 68.2. The highest BCUT2D eigenvalue weighted by Crippen LogP contribution is 2.49. The third-order valence-electron chi connectivity index (χ3n) is 13.9. The van der Waals surface area contributed by atoms with Gasteiger partial charge in [0, 0.05) is 0 Å².